The van der Waals surface area contributed by atoms with Crippen LogP contribution in [-0.4, -0.2) is 30.9 Å². The van der Waals surface area contributed by atoms with E-state index in [0.29, 0.717) is 18.5 Å². The van der Waals surface area contributed by atoms with E-state index in [4.69, 9.17) is 9.15 Å². The van der Waals surface area contributed by atoms with Gasteiger partial charge in [0.15, 0.2) is 0 Å². The summed E-state index contributed by atoms with van der Waals surface area (Å²) < 4.78 is 10.9. The summed E-state index contributed by atoms with van der Waals surface area (Å²) in [7, 11) is 3.55. The van der Waals surface area contributed by atoms with Crippen molar-refractivity contribution < 1.29 is 9.15 Å². The number of hydrogen-bond donors (Lipinski definition) is 2. The fourth-order valence-electron chi connectivity index (χ4n) is 3.36. The molecule has 1 aromatic heterocycles. The minimum absolute atomic E-state index is 0.129. The van der Waals surface area contributed by atoms with Crippen LogP contribution in [0.5, 0.6) is 5.75 Å². The molecule has 0 amide bonds. The van der Waals surface area contributed by atoms with Gasteiger partial charge in [-0.1, -0.05) is 30.1 Å². The van der Waals surface area contributed by atoms with Crippen LogP contribution in [0.4, 0.5) is 6.01 Å². The molecule has 1 saturated carbocycles. The Bertz CT molecular complexity index is 618. The highest BCUT2D eigenvalue weighted by Crippen LogP contribution is 2.41. The van der Waals surface area contributed by atoms with E-state index in [1.54, 1.807) is 7.11 Å². The smallest absolute Gasteiger partial charge is 0.315 e. The Morgan fingerprint density at radius 2 is 1.91 bits per heavy atom. The largest absolute Gasteiger partial charge is 0.497 e. The monoisotopic (exact) mass is 316 g/mol. The summed E-state index contributed by atoms with van der Waals surface area (Å²) in [4.78, 5) is 0. The molecule has 1 aliphatic rings. The van der Waals surface area contributed by atoms with E-state index < -0.39 is 0 Å². The first-order valence-corrected chi connectivity index (χ1v) is 8.11. The highest BCUT2D eigenvalue weighted by Gasteiger charge is 2.35. The lowest BCUT2D eigenvalue weighted by atomic mass is 9.79. The van der Waals surface area contributed by atoms with Crippen molar-refractivity contribution in [2.75, 3.05) is 26.0 Å². The Labute approximate surface area is 136 Å². The molecule has 0 atom stereocenters. The van der Waals surface area contributed by atoms with E-state index >= 15 is 0 Å². The maximum Gasteiger partial charge on any atom is 0.315 e. The zero-order valence-corrected chi connectivity index (χ0v) is 13.8. The van der Waals surface area contributed by atoms with Gasteiger partial charge in [0, 0.05) is 12.0 Å². The van der Waals surface area contributed by atoms with Crippen molar-refractivity contribution in [1.29, 1.82) is 0 Å². The zero-order chi connectivity index (χ0) is 16.1. The lowest BCUT2D eigenvalue weighted by Crippen LogP contribution is -2.31. The topological polar surface area (TPSA) is 72.2 Å². The minimum atomic E-state index is 0.129. The summed E-state index contributed by atoms with van der Waals surface area (Å²) in [6.07, 6.45) is 4.85. The number of ether oxygens (including phenoxy) is 1. The summed E-state index contributed by atoms with van der Waals surface area (Å²) in [5.41, 5.74) is 1.47. The zero-order valence-electron chi connectivity index (χ0n) is 13.8. The van der Waals surface area contributed by atoms with Gasteiger partial charge in [0.1, 0.15) is 5.75 Å². The van der Waals surface area contributed by atoms with Gasteiger partial charge in [0.05, 0.1) is 13.7 Å². The van der Waals surface area contributed by atoms with Crippen molar-refractivity contribution in [3.63, 3.8) is 0 Å². The highest BCUT2D eigenvalue weighted by molar-refractivity contribution is 5.35. The number of rotatable bonds is 7. The van der Waals surface area contributed by atoms with Crippen LogP contribution in [0, 0.1) is 0 Å². The molecule has 6 heteroatoms. The van der Waals surface area contributed by atoms with Crippen LogP contribution in [0.2, 0.25) is 0 Å². The summed E-state index contributed by atoms with van der Waals surface area (Å²) in [6.45, 7) is 1.39. The van der Waals surface area contributed by atoms with Crippen molar-refractivity contribution >= 4 is 6.01 Å². The summed E-state index contributed by atoms with van der Waals surface area (Å²) in [6, 6.07) is 8.91. The molecule has 0 saturated heterocycles. The first kappa shape index (κ1) is 15.8. The maximum absolute atomic E-state index is 5.59. The van der Waals surface area contributed by atoms with Crippen molar-refractivity contribution in [3.8, 4) is 5.75 Å². The van der Waals surface area contributed by atoms with Gasteiger partial charge >= 0.3 is 6.01 Å². The Kier molecular flexibility index (Phi) is 4.81. The molecule has 3 rings (SSSR count). The van der Waals surface area contributed by atoms with Gasteiger partial charge in [-0.05, 0) is 37.6 Å². The number of methoxy groups -OCH3 is 1. The number of aromatic nitrogens is 2. The SMILES string of the molecule is CNCc1nnc(NCC2(c3ccc(OC)cc3)CCCC2)o1. The molecule has 0 unspecified atom stereocenters. The first-order chi connectivity index (χ1) is 11.3. The predicted molar refractivity (Wildman–Crippen MR) is 88.7 cm³/mol. The predicted octanol–water partition coefficient (Wildman–Crippen LogP) is 2.72. The lowest BCUT2D eigenvalue weighted by molar-refractivity contribution is 0.412. The number of nitrogens with zero attached hydrogens (tertiary/aromatic N) is 2. The average molecular weight is 316 g/mol. The third-order valence-electron chi connectivity index (χ3n) is 4.64. The van der Waals surface area contributed by atoms with E-state index in [9.17, 15) is 0 Å². The second-order valence-corrected chi connectivity index (χ2v) is 6.10. The third-order valence-corrected chi connectivity index (χ3v) is 4.64. The molecule has 0 bridgehead atoms. The van der Waals surface area contributed by atoms with Crippen LogP contribution >= 0.6 is 0 Å². The quantitative estimate of drug-likeness (QED) is 0.818. The van der Waals surface area contributed by atoms with Crippen molar-refractivity contribution in [1.82, 2.24) is 15.5 Å². The molecule has 1 heterocycles. The van der Waals surface area contributed by atoms with Gasteiger partial charge in [-0.2, -0.15) is 0 Å². The van der Waals surface area contributed by atoms with Crippen LogP contribution in [-0.2, 0) is 12.0 Å². The van der Waals surface area contributed by atoms with Gasteiger partial charge in [0.2, 0.25) is 5.89 Å². The third kappa shape index (κ3) is 3.47. The number of nitrogens with one attached hydrogen (secondary N) is 2. The fraction of sp³-hybridized carbons (Fsp3) is 0.529. The molecular formula is C17H24N4O2. The van der Waals surface area contributed by atoms with Crippen LogP contribution < -0.4 is 15.4 Å². The molecule has 2 aromatic rings. The van der Waals surface area contributed by atoms with Crippen LogP contribution in [0.3, 0.4) is 0 Å². The standard InChI is InChI=1S/C17H24N4O2/c1-18-11-15-20-21-16(23-15)19-12-17(9-3-4-10-17)13-5-7-14(22-2)8-6-13/h5-8,18H,3-4,9-12H2,1-2H3,(H,19,21). The Balaban J connectivity index is 1.72. The molecule has 1 aromatic carbocycles. The van der Waals surface area contributed by atoms with Gasteiger partial charge in [-0.3, -0.25) is 0 Å². The number of benzene rings is 1. The van der Waals surface area contributed by atoms with Crippen LogP contribution in [0.1, 0.15) is 37.1 Å². The fourth-order valence-corrected chi connectivity index (χ4v) is 3.36. The number of anilines is 1. The highest BCUT2D eigenvalue weighted by atomic mass is 16.5. The number of hydrogen-bond acceptors (Lipinski definition) is 6. The molecular weight excluding hydrogens is 292 g/mol. The Morgan fingerprint density at radius 1 is 1.17 bits per heavy atom. The van der Waals surface area contributed by atoms with Crippen molar-refractivity contribution in [3.05, 3.63) is 35.7 Å². The van der Waals surface area contributed by atoms with E-state index in [-0.39, 0.29) is 5.41 Å². The van der Waals surface area contributed by atoms with E-state index in [1.807, 2.05) is 19.2 Å². The Morgan fingerprint density at radius 3 is 2.57 bits per heavy atom. The maximum atomic E-state index is 5.59. The molecule has 1 fully saturated rings. The molecule has 1 aliphatic carbocycles. The van der Waals surface area contributed by atoms with E-state index in [2.05, 4.69) is 33.0 Å². The van der Waals surface area contributed by atoms with Gasteiger partial charge < -0.3 is 19.8 Å². The van der Waals surface area contributed by atoms with Crippen LogP contribution in [0.15, 0.2) is 28.7 Å². The second kappa shape index (κ2) is 7.00. The van der Waals surface area contributed by atoms with Gasteiger partial charge in [0.25, 0.3) is 0 Å². The normalized spacial score (nSPS) is 16.4. The molecule has 0 aliphatic heterocycles. The van der Waals surface area contributed by atoms with Crippen molar-refractivity contribution in [2.45, 2.75) is 37.6 Å². The van der Waals surface area contributed by atoms with Crippen LogP contribution in [0.25, 0.3) is 0 Å². The minimum Gasteiger partial charge on any atom is -0.497 e. The summed E-state index contributed by atoms with van der Waals surface area (Å²) in [5.74, 6) is 1.49. The van der Waals surface area contributed by atoms with Crippen molar-refractivity contribution in [2.24, 2.45) is 0 Å². The lowest BCUT2D eigenvalue weighted by Gasteiger charge is -2.29. The first-order valence-electron chi connectivity index (χ1n) is 8.11. The van der Waals surface area contributed by atoms with E-state index in [0.717, 1.165) is 12.3 Å². The molecule has 2 N–H and O–H groups in total. The average Bonchev–Trinajstić information content (AvgIpc) is 3.24. The van der Waals surface area contributed by atoms with Gasteiger partial charge in [-0.25, -0.2) is 0 Å². The summed E-state index contributed by atoms with van der Waals surface area (Å²) in [5, 5.41) is 14.4. The van der Waals surface area contributed by atoms with E-state index in [1.165, 1.54) is 31.2 Å². The Hall–Kier alpha value is -2.08. The second-order valence-electron chi connectivity index (χ2n) is 6.10. The van der Waals surface area contributed by atoms with Gasteiger partial charge in [-0.15, -0.1) is 5.10 Å². The molecule has 124 valence electrons. The molecule has 6 nitrogen and oxygen atoms in total. The molecule has 23 heavy (non-hydrogen) atoms. The molecule has 0 radical (unpaired) electrons. The molecule has 0 spiro atoms. The summed E-state index contributed by atoms with van der Waals surface area (Å²) >= 11 is 0.